The van der Waals surface area contributed by atoms with E-state index in [-0.39, 0.29) is 11.4 Å². The highest BCUT2D eigenvalue weighted by atomic mass is 19.1. The number of fused-ring (bicyclic) bond motifs is 4. The van der Waals surface area contributed by atoms with E-state index in [1.54, 1.807) is 24.4 Å². The number of hydrogen-bond acceptors (Lipinski definition) is 5. The SMILES string of the molecule is C=CCn1cnc2c(c1=O)c1nc3ccccc3nc1n2/N=C\c1ccc(F)cc1. The minimum absolute atomic E-state index is 0.245. The Morgan fingerprint density at radius 3 is 2.50 bits per heavy atom. The molecule has 2 aromatic carbocycles. The largest absolute Gasteiger partial charge is 0.295 e. The molecule has 146 valence electrons. The smallest absolute Gasteiger partial charge is 0.265 e. The number of rotatable bonds is 4. The van der Waals surface area contributed by atoms with E-state index in [4.69, 9.17) is 0 Å². The Bertz CT molecular complexity index is 1510. The molecule has 7 nitrogen and oxygen atoms in total. The Morgan fingerprint density at radius 1 is 1.03 bits per heavy atom. The minimum atomic E-state index is -0.328. The molecule has 8 heteroatoms. The van der Waals surface area contributed by atoms with Crippen LogP contribution in [0.2, 0.25) is 0 Å². The predicted octanol–water partition coefficient (Wildman–Crippen LogP) is 3.50. The summed E-state index contributed by atoms with van der Waals surface area (Å²) in [5.74, 6) is -0.328. The van der Waals surface area contributed by atoms with Crippen molar-refractivity contribution in [2.45, 2.75) is 6.54 Å². The van der Waals surface area contributed by atoms with Crippen LogP contribution in [0.25, 0.3) is 33.2 Å². The first-order valence-electron chi connectivity index (χ1n) is 9.23. The van der Waals surface area contributed by atoms with E-state index < -0.39 is 0 Å². The second-order valence-corrected chi connectivity index (χ2v) is 6.68. The van der Waals surface area contributed by atoms with Gasteiger partial charge in [0.15, 0.2) is 11.3 Å². The van der Waals surface area contributed by atoms with Gasteiger partial charge in [0, 0.05) is 6.54 Å². The van der Waals surface area contributed by atoms with Gasteiger partial charge in [0.1, 0.15) is 23.0 Å². The average Bonchev–Trinajstić information content (AvgIpc) is 3.07. The number of aromatic nitrogens is 5. The van der Waals surface area contributed by atoms with Crippen LogP contribution in [0.3, 0.4) is 0 Å². The van der Waals surface area contributed by atoms with Gasteiger partial charge >= 0.3 is 0 Å². The quantitative estimate of drug-likeness (QED) is 0.343. The lowest BCUT2D eigenvalue weighted by Crippen LogP contribution is -2.19. The number of para-hydroxylation sites is 2. The fourth-order valence-corrected chi connectivity index (χ4v) is 3.31. The third-order valence-electron chi connectivity index (χ3n) is 4.73. The zero-order valence-electron chi connectivity index (χ0n) is 15.7. The van der Waals surface area contributed by atoms with Gasteiger partial charge in [-0.2, -0.15) is 9.78 Å². The molecule has 5 rings (SSSR count). The Hall–Kier alpha value is -4.20. The molecule has 0 aliphatic carbocycles. The van der Waals surface area contributed by atoms with Crippen molar-refractivity contribution in [3.63, 3.8) is 0 Å². The highest BCUT2D eigenvalue weighted by Gasteiger charge is 2.19. The normalized spacial score (nSPS) is 11.8. The van der Waals surface area contributed by atoms with Gasteiger partial charge in [-0.05, 0) is 29.8 Å². The molecule has 3 heterocycles. The lowest BCUT2D eigenvalue weighted by molar-refractivity contribution is 0.628. The van der Waals surface area contributed by atoms with E-state index in [1.165, 1.54) is 27.7 Å². The van der Waals surface area contributed by atoms with Crippen LogP contribution in [-0.4, -0.2) is 30.4 Å². The maximum atomic E-state index is 13.2. The van der Waals surface area contributed by atoms with Gasteiger partial charge in [-0.1, -0.05) is 30.3 Å². The first-order valence-corrected chi connectivity index (χ1v) is 9.23. The summed E-state index contributed by atoms with van der Waals surface area (Å²) in [5, 5.41) is 4.82. The van der Waals surface area contributed by atoms with Crippen LogP contribution in [0, 0.1) is 5.82 Å². The van der Waals surface area contributed by atoms with E-state index in [2.05, 4.69) is 26.6 Å². The van der Waals surface area contributed by atoms with Gasteiger partial charge in [0.05, 0.1) is 17.2 Å². The molecule has 3 aromatic heterocycles. The van der Waals surface area contributed by atoms with Crippen molar-refractivity contribution in [3.8, 4) is 0 Å². The number of halogens is 1. The summed E-state index contributed by atoms with van der Waals surface area (Å²) in [6, 6.07) is 13.3. The van der Waals surface area contributed by atoms with Crippen molar-refractivity contribution in [2.24, 2.45) is 5.10 Å². The van der Waals surface area contributed by atoms with Crippen LogP contribution in [0.15, 0.2) is 77.4 Å². The van der Waals surface area contributed by atoms with Crippen molar-refractivity contribution in [2.75, 3.05) is 0 Å². The second-order valence-electron chi connectivity index (χ2n) is 6.68. The average molecular weight is 398 g/mol. The Labute approximate surface area is 169 Å². The molecule has 0 fully saturated rings. The number of hydrogen-bond donors (Lipinski definition) is 0. The molecule has 0 unspecified atom stereocenters. The summed E-state index contributed by atoms with van der Waals surface area (Å²) in [6.45, 7) is 4.01. The van der Waals surface area contributed by atoms with E-state index in [0.717, 1.165) is 0 Å². The number of allylic oxidation sites excluding steroid dienone is 1. The molecule has 0 saturated heterocycles. The van der Waals surface area contributed by atoms with Crippen LogP contribution >= 0.6 is 0 Å². The van der Waals surface area contributed by atoms with Crippen LogP contribution in [-0.2, 0) is 6.54 Å². The number of benzene rings is 2. The zero-order valence-corrected chi connectivity index (χ0v) is 15.7. The van der Waals surface area contributed by atoms with Gasteiger partial charge in [-0.25, -0.2) is 19.3 Å². The summed E-state index contributed by atoms with van der Waals surface area (Å²) < 4.78 is 16.1. The molecular formula is C22H15FN6O. The van der Waals surface area contributed by atoms with Crippen LogP contribution in [0.1, 0.15) is 5.56 Å². The van der Waals surface area contributed by atoms with Crippen molar-refractivity contribution < 1.29 is 4.39 Å². The molecule has 0 bridgehead atoms. The molecule has 0 atom stereocenters. The molecule has 0 saturated carbocycles. The topological polar surface area (TPSA) is 78.0 Å². The Morgan fingerprint density at radius 2 is 1.77 bits per heavy atom. The van der Waals surface area contributed by atoms with E-state index >= 15 is 0 Å². The van der Waals surface area contributed by atoms with Crippen molar-refractivity contribution in [1.29, 1.82) is 0 Å². The van der Waals surface area contributed by atoms with E-state index in [0.29, 0.717) is 45.3 Å². The fraction of sp³-hybridized carbons (Fsp3) is 0.0455. The first kappa shape index (κ1) is 17.9. The van der Waals surface area contributed by atoms with Gasteiger partial charge in [0.2, 0.25) is 0 Å². The molecule has 30 heavy (non-hydrogen) atoms. The third kappa shape index (κ3) is 2.86. The molecule has 0 aliphatic rings. The highest BCUT2D eigenvalue weighted by Crippen LogP contribution is 2.24. The predicted molar refractivity (Wildman–Crippen MR) is 114 cm³/mol. The van der Waals surface area contributed by atoms with Gasteiger partial charge in [0.25, 0.3) is 5.56 Å². The van der Waals surface area contributed by atoms with Gasteiger partial charge in [-0.3, -0.25) is 9.36 Å². The highest BCUT2D eigenvalue weighted by molar-refractivity contribution is 6.04. The molecule has 0 N–H and O–H groups in total. The van der Waals surface area contributed by atoms with Crippen LogP contribution < -0.4 is 5.56 Å². The Balaban J connectivity index is 1.83. The van der Waals surface area contributed by atoms with Crippen molar-refractivity contribution >= 4 is 39.4 Å². The van der Waals surface area contributed by atoms with Crippen molar-refractivity contribution in [3.05, 3.63) is 89.2 Å². The van der Waals surface area contributed by atoms with Crippen molar-refractivity contribution in [1.82, 2.24) is 24.2 Å². The van der Waals surface area contributed by atoms with Gasteiger partial charge in [-0.15, -0.1) is 6.58 Å². The summed E-state index contributed by atoms with van der Waals surface area (Å²) in [7, 11) is 0. The van der Waals surface area contributed by atoms with Crippen LogP contribution in [0.5, 0.6) is 0 Å². The Kier molecular flexibility index (Phi) is 4.17. The monoisotopic (exact) mass is 398 g/mol. The third-order valence-corrected chi connectivity index (χ3v) is 4.73. The summed E-state index contributed by atoms with van der Waals surface area (Å²) in [5.41, 5.74) is 3.00. The molecule has 0 radical (unpaired) electrons. The maximum Gasteiger partial charge on any atom is 0.265 e. The summed E-state index contributed by atoms with van der Waals surface area (Å²) >= 11 is 0. The van der Waals surface area contributed by atoms with Gasteiger partial charge < -0.3 is 0 Å². The summed E-state index contributed by atoms with van der Waals surface area (Å²) in [6.07, 6.45) is 4.64. The molecule has 0 spiro atoms. The molecule has 5 aromatic rings. The zero-order chi connectivity index (χ0) is 20.7. The lowest BCUT2D eigenvalue weighted by atomic mass is 10.2. The fourth-order valence-electron chi connectivity index (χ4n) is 3.31. The molecular weight excluding hydrogens is 383 g/mol. The summed E-state index contributed by atoms with van der Waals surface area (Å²) in [4.78, 5) is 26.9. The maximum absolute atomic E-state index is 13.2. The van der Waals surface area contributed by atoms with E-state index in [1.807, 2.05) is 24.3 Å². The second kappa shape index (κ2) is 7.00. The minimum Gasteiger partial charge on any atom is -0.295 e. The number of nitrogens with zero attached hydrogens (tertiary/aromatic N) is 6. The molecule has 0 amide bonds. The lowest BCUT2D eigenvalue weighted by Gasteiger charge is -2.01. The van der Waals surface area contributed by atoms with E-state index in [9.17, 15) is 9.18 Å². The molecule has 0 aliphatic heterocycles. The van der Waals surface area contributed by atoms with Crippen LogP contribution in [0.4, 0.5) is 4.39 Å². The first-order chi connectivity index (χ1) is 14.7. The standard InChI is InChI=1S/C22H15FN6O/c1-2-11-28-13-24-20-18(22(28)30)19-21(27-17-6-4-3-5-16(17)26-19)29(20)25-12-14-7-9-15(23)10-8-14/h2-10,12-13H,1,11H2/b25-12-.